The second-order valence-electron chi connectivity index (χ2n) is 5.49. The van der Waals surface area contributed by atoms with Gasteiger partial charge in [-0.3, -0.25) is 9.59 Å². The summed E-state index contributed by atoms with van der Waals surface area (Å²) in [7, 11) is 0. The molecule has 1 aliphatic heterocycles. The van der Waals surface area contributed by atoms with E-state index in [1.807, 2.05) is 13.8 Å². The van der Waals surface area contributed by atoms with Crippen LogP contribution in [0.5, 0.6) is 0 Å². The Labute approximate surface area is 125 Å². The van der Waals surface area contributed by atoms with Crippen molar-refractivity contribution in [2.45, 2.75) is 46.1 Å². The summed E-state index contributed by atoms with van der Waals surface area (Å²) >= 11 is 0. The third-order valence-corrected chi connectivity index (χ3v) is 4.22. The van der Waals surface area contributed by atoms with Crippen molar-refractivity contribution in [2.75, 3.05) is 19.6 Å². The summed E-state index contributed by atoms with van der Waals surface area (Å²) < 4.78 is 0. The van der Waals surface area contributed by atoms with Crippen LogP contribution < -0.4 is 10.6 Å². The van der Waals surface area contributed by atoms with E-state index in [2.05, 4.69) is 10.6 Å². The molecular weight excluding hydrogens is 274 g/mol. The molecular formula is C14H25N3O4. The molecule has 1 saturated heterocycles. The Bertz CT molecular complexity index is 403. The summed E-state index contributed by atoms with van der Waals surface area (Å²) in [5.41, 5.74) is -0.720. The van der Waals surface area contributed by atoms with Crippen LogP contribution in [0.4, 0.5) is 4.79 Å². The maximum atomic E-state index is 12.1. The first kappa shape index (κ1) is 17.3. The van der Waals surface area contributed by atoms with Crippen LogP contribution >= 0.6 is 0 Å². The SMILES string of the molecule is CCNC(=O)C(C)NC(=O)N1CCC(CC)(C(=O)O)CC1. The Morgan fingerprint density at radius 1 is 1.24 bits per heavy atom. The molecule has 0 radical (unpaired) electrons. The predicted molar refractivity (Wildman–Crippen MR) is 77.8 cm³/mol. The van der Waals surface area contributed by atoms with Gasteiger partial charge in [-0.25, -0.2) is 4.79 Å². The molecule has 120 valence electrons. The highest BCUT2D eigenvalue weighted by Crippen LogP contribution is 2.35. The molecule has 1 atom stereocenters. The fraction of sp³-hybridized carbons (Fsp3) is 0.786. The van der Waals surface area contributed by atoms with Crippen molar-refractivity contribution in [3.8, 4) is 0 Å². The van der Waals surface area contributed by atoms with Crippen LogP contribution in [0.1, 0.15) is 40.0 Å². The van der Waals surface area contributed by atoms with E-state index in [9.17, 15) is 19.5 Å². The number of amides is 3. The van der Waals surface area contributed by atoms with Crippen molar-refractivity contribution in [3.05, 3.63) is 0 Å². The van der Waals surface area contributed by atoms with Gasteiger partial charge < -0.3 is 20.6 Å². The lowest BCUT2D eigenvalue weighted by Gasteiger charge is -2.38. The summed E-state index contributed by atoms with van der Waals surface area (Å²) in [5.74, 6) is -1.02. The number of carboxylic acid groups (broad SMARTS) is 1. The van der Waals surface area contributed by atoms with Gasteiger partial charge in [0.2, 0.25) is 5.91 Å². The molecule has 0 aromatic rings. The second kappa shape index (κ2) is 7.28. The topological polar surface area (TPSA) is 98.7 Å². The Morgan fingerprint density at radius 3 is 2.24 bits per heavy atom. The monoisotopic (exact) mass is 299 g/mol. The number of hydrogen-bond donors (Lipinski definition) is 3. The van der Waals surface area contributed by atoms with Gasteiger partial charge in [0.25, 0.3) is 0 Å². The van der Waals surface area contributed by atoms with E-state index in [4.69, 9.17) is 0 Å². The van der Waals surface area contributed by atoms with Gasteiger partial charge in [-0.05, 0) is 33.1 Å². The van der Waals surface area contributed by atoms with Crippen LogP contribution in [-0.4, -0.2) is 53.6 Å². The van der Waals surface area contributed by atoms with Gasteiger partial charge in [-0.15, -0.1) is 0 Å². The zero-order valence-corrected chi connectivity index (χ0v) is 12.9. The van der Waals surface area contributed by atoms with Crippen LogP contribution in [0.2, 0.25) is 0 Å². The Morgan fingerprint density at radius 2 is 1.81 bits per heavy atom. The molecule has 3 N–H and O–H groups in total. The van der Waals surface area contributed by atoms with E-state index in [0.29, 0.717) is 38.9 Å². The summed E-state index contributed by atoms with van der Waals surface area (Å²) in [6.07, 6.45) is 1.46. The van der Waals surface area contributed by atoms with Gasteiger partial charge in [0, 0.05) is 19.6 Å². The van der Waals surface area contributed by atoms with Crippen molar-refractivity contribution < 1.29 is 19.5 Å². The van der Waals surface area contributed by atoms with Gasteiger partial charge in [0.05, 0.1) is 5.41 Å². The number of hydrogen-bond acceptors (Lipinski definition) is 3. The van der Waals surface area contributed by atoms with E-state index >= 15 is 0 Å². The third-order valence-electron chi connectivity index (χ3n) is 4.22. The molecule has 1 unspecified atom stereocenters. The number of carbonyl (C=O) groups is 3. The molecule has 3 amide bonds. The lowest BCUT2D eigenvalue weighted by Crippen LogP contribution is -2.53. The standard InChI is InChI=1S/C14H25N3O4/c1-4-14(12(19)20)6-8-17(9-7-14)13(21)16-10(3)11(18)15-5-2/h10H,4-9H2,1-3H3,(H,15,18)(H,16,21)(H,19,20). The minimum absolute atomic E-state index is 0.226. The molecule has 0 saturated carbocycles. The number of carboxylic acids is 1. The summed E-state index contributed by atoms with van der Waals surface area (Å²) in [6, 6.07) is -0.918. The van der Waals surface area contributed by atoms with Crippen molar-refractivity contribution in [3.63, 3.8) is 0 Å². The zero-order valence-electron chi connectivity index (χ0n) is 12.9. The van der Waals surface area contributed by atoms with Gasteiger partial charge in [-0.1, -0.05) is 6.92 Å². The Kier molecular flexibility index (Phi) is 5.99. The minimum Gasteiger partial charge on any atom is -0.481 e. The van der Waals surface area contributed by atoms with E-state index in [1.54, 1.807) is 11.8 Å². The number of urea groups is 1. The number of carbonyl (C=O) groups excluding carboxylic acids is 2. The molecule has 7 heteroatoms. The van der Waals surface area contributed by atoms with Crippen LogP contribution in [0.25, 0.3) is 0 Å². The highest BCUT2D eigenvalue weighted by molar-refractivity contribution is 5.86. The Hall–Kier alpha value is -1.79. The molecule has 0 aromatic carbocycles. The quantitative estimate of drug-likeness (QED) is 0.699. The lowest BCUT2D eigenvalue weighted by molar-refractivity contribution is -0.151. The minimum atomic E-state index is -0.791. The predicted octanol–water partition coefficient (Wildman–Crippen LogP) is 0.797. The van der Waals surface area contributed by atoms with E-state index in [0.717, 1.165) is 0 Å². The summed E-state index contributed by atoms with van der Waals surface area (Å²) in [6.45, 7) is 6.61. The average molecular weight is 299 g/mol. The molecule has 0 aliphatic carbocycles. The summed E-state index contributed by atoms with van der Waals surface area (Å²) in [4.78, 5) is 36.6. The van der Waals surface area contributed by atoms with Gasteiger partial charge in [-0.2, -0.15) is 0 Å². The molecule has 1 fully saturated rings. The van der Waals surface area contributed by atoms with Gasteiger partial charge >= 0.3 is 12.0 Å². The first-order valence-corrected chi connectivity index (χ1v) is 7.43. The van der Waals surface area contributed by atoms with Crippen LogP contribution in [-0.2, 0) is 9.59 Å². The normalized spacial score (nSPS) is 18.7. The van der Waals surface area contributed by atoms with Crippen molar-refractivity contribution in [1.29, 1.82) is 0 Å². The fourth-order valence-electron chi connectivity index (χ4n) is 2.53. The molecule has 1 aliphatic rings. The van der Waals surface area contributed by atoms with Crippen LogP contribution in [0, 0.1) is 5.41 Å². The molecule has 1 rings (SSSR count). The number of likely N-dealkylation sites (N-methyl/N-ethyl adjacent to an activating group) is 1. The van der Waals surface area contributed by atoms with Crippen LogP contribution in [0.3, 0.4) is 0 Å². The highest BCUT2D eigenvalue weighted by atomic mass is 16.4. The molecule has 1 heterocycles. The molecule has 0 aromatic heterocycles. The van der Waals surface area contributed by atoms with Crippen molar-refractivity contribution >= 4 is 17.9 Å². The zero-order chi connectivity index (χ0) is 16.0. The van der Waals surface area contributed by atoms with E-state index < -0.39 is 17.4 Å². The number of aliphatic carboxylic acids is 1. The van der Waals surface area contributed by atoms with Crippen molar-refractivity contribution in [1.82, 2.24) is 15.5 Å². The third kappa shape index (κ3) is 4.09. The van der Waals surface area contributed by atoms with E-state index in [-0.39, 0.29) is 11.9 Å². The second-order valence-corrected chi connectivity index (χ2v) is 5.49. The number of nitrogens with zero attached hydrogens (tertiary/aromatic N) is 1. The van der Waals surface area contributed by atoms with Crippen LogP contribution in [0.15, 0.2) is 0 Å². The highest BCUT2D eigenvalue weighted by Gasteiger charge is 2.40. The van der Waals surface area contributed by atoms with Gasteiger partial charge in [0.15, 0.2) is 0 Å². The number of nitrogens with one attached hydrogen (secondary N) is 2. The molecule has 0 bridgehead atoms. The van der Waals surface area contributed by atoms with Gasteiger partial charge in [0.1, 0.15) is 6.04 Å². The maximum Gasteiger partial charge on any atom is 0.318 e. The lowest BCUT2D eigenvalue weighted by atomic mass is 9.76. The first-order chi connectivity index (χ1) is 9.86. The smallest absolute Gasteiger partial charge is 0.318 e. The molecule has 7 nitrogen and oxygen atoms in total. The first-order valence-electron chi connectivity index (χ1n) is 7.43. The largest absolute Gasteiger partial charge is 0.481 e. The fourth-order valence-corrected chi connectivity index (χ4v) is 2.53. The number of likely N-dealkylation sites (tertiary alicyclic amines) is 1. The number of rotatable bonds is 5. The van der Waals surface area contributed by atoms with Crippen molar-refractivity contribution in [2.24, 2.45) is 5.41 Å². The maximum absolute atomic E-state index is 12.1. The molecule has 21 heavy (non-hydrogen) atoms. The number of piperidine rings is 1. The van der Waals surface area contributed by atoms with E-state index in [1.165, 1.54) is 0 Å². The Balaban J connectivity index is 2.52. The molecule has 0 spiro atoms. The summed E-state index contributed by atoms with van der Waals surface area (Å²) in [5, 5.41) is 14.6. The average Bonchev–Trinajstić information content (AvgIpc) is 2.47.